The molecule has 1 aromatic carbocycles. The molecule has 0 atom stereocenters. The van der Waals surface area contributed by atoms with Crippen LogP contribution in [0.1, 0.15) is 21.1 Å². The lowest BCUT2D eigenvalue weighted by Crippen LogP contribution is -2.17. The van der Waals surface area contributed by atoms with Gasteiger partial charge in [0.2, 0.25) is 0 Å². The van der Waals surface area contributed by atoms with Gasteiger partial charge in [0.25, 0.3) is 5.91 Å². The van der Waals surface area contributed by atoms with Crippen molar-refractivity contribution in [1.29, 1.82) is 0 Å². The molecular weight excluding hydrogens is 250 g/mol. The highest BCUT2D eigenvalue weighted by molar-refractivity contribution is 7.09. The monoisotopic (exact) mass is 261 g/mol. The number of amides is 1. The number of aryl methyl sites for hydroxylation is 1. The summed E-state index contributed by atoms with van der Waals surface area (Å²) < 4.78 is 0. The molecule has 6 heteroatoms. The molecule has 1 aromatic heterocycles. The van der Waals surface area contributed by atoms with Crippen LogP contribution < -0.4 is 5.43 Å². The maximum absolute atomic E-state index is 11.7. The summed E-state index contributed by atoms with van der Waals surface area (Å²) in [7, 11) is 0. The first-order valence-corrected chi connectivity index (χ1v) is 6.08. The molecule has 2 aromatic rings. The Labute approximate surface area is 108 Å². The summed E-state index contributed by atoms with van der Waals surface area (Å²) in [6, 6.07) is 6.28. The van der Waals surface area contributed by atoms with E-state index in [4.69, 9.17) is 0 Å². The fourth-order valence-corrected chi connectivity index (χ4v) is 1.89. The van der Waals surface area contributed by atoms with Crippen LogP contribution in [0.25, 0.3) is 0 Å². The number of para-hydroxylation sites is 1. The molecule has 0 aliphatic carbocycles. The predicted molar refractivity (Wildman–Crippen MR) is 70.0 cm³/mol. The third-order valence-corrected chi connectivity index (χ3v) is 2.94. The SMILES string of the molecule is Cc1nc(/C=N\NC(=O)c2ccccc2O)cs1. The molecule has 18 heavy (non-hydrogen) atoms. The number of phenolic OH excluding ortho intramolecular Hbond substituents is 1. The Morgan fingerprint density at radius 2 is 2.28 bits per heavy atom. The largest absolute Gasteiger partial charge is 0.507 e. The highest BCUT2D eigenvalue weighted by atomic mass is 32.1. The van der Waals surface area contributed by atoms with Gasteiger partial charge in [0.15, 0.2) is 0 Å². The first-order valence-electron chi connectivity index (χ1n) is 5.20. The van der Waals surface area contributed by atoms with Crippen molar-refractivity contribution in [1.82, 2.24) is 10.4 Å². The van der Waals surface area contributed by atoms with Crippen LogP contribution in [-0.4, -0.2) is 22.2 Å². The van der Waals surface area contributed by atoms with Crippen LogP contribution in [0.2, 0.25) is 0 Å². The second-order valence-electron chi connectivity index (χ2n) is 3.51. The molecular formula is C12H11N3O2S. The summed E-state index contributed by atoms with van der Waals surface area (Å²) in [5, 5.41) is 16.0. The second kappa shape index (κ2) is 5.42. The predicted octanol–water partition coefficient (Wildman–Crippen LogP) is 1.92. The number of benzene rings is 1. The fourth-order valence-electron chi connectivity index (χ4n) is 1.32. The van der Waals surface area contributed by atoms with Crippen LogP contribution in [0.5, 0.6) is 5.75 Å². The minimum atomic E-state index is -0.462. The maximum Gasteiger partial charge on any atom is 0.275 e. The van der Waals surface area contributed by atoms with Gasteiger partial charge in [-0.1, -0.05) is 12.1 Å². The van der Waals surface area contributed by atoms with Crippen LogP contribution in [0, 0.1) is 6.92 Å². The van der Waals surface area contributed by atoms with Gasteiger partial charge in [-0.05, 0) is 19.1 Å². The van der Waals surface area contributed by atoms with Gasteiger partial charge in [-0.15, -0.1) is 11.3 Å². The maximum atomic E-state index is 11.7. The van der Waals surface area contributed by atoms with Gasteiger partial charge < -0.3 is 5.11 Å². The van der Waals surface area contributed by atoms with E-state index in [2.05, 4.69) is 15.5 Å². The van der Waals surface area contributed by atoms with Crippen molar-refractivity contribution in [2.45, 2.75) is 6.92 Å². The summed E-state index contributed by atoms with van der Waals surface area (Å²) in [6.07, 6.45) is 1.46. The van der Waals surface area contributed by atoms with Gasteiger partial charge in [0.1, 0.15) is 5.75 Å². The Hall–Kier alpha value is -2.21. The smallest absolute Gasteiger partial charge is 0.275 e. The molecule has 0 aliphatic heterocycles. The number of carbonyl (C=O) groups is 1. The minimum Gasteiger partial charge on any atom is -0.507 e. The summed E-state index contributed by atoms with van der Waals surface area (Å²) in [5.74, 6) is -0.536. The van der Waals surface area contributed by atoms with E-state index < -0.39 is 5.91 Å². The lowest BCUT2D eigenvalue weighted by molar-refractivity contribution is 0.0952. The van der Waals surface area contributed by atoms with Gasteiger partial charge in [0, 0.05) is 5.38 Å². The number of phenols is 1. The number of nitrogens with zero attached hydrogens (tertiary/aromatic N) is 2. The third kappa shape index (κ3) is 2.92. The summed E-state index contributed by atoms with van der Waals surface area (Å²) in [6.45, 7) is 1.89. The molecule has 0 fully saturated rings. The quantitative estimate of drug-likeness (QED) is 0.654. The molecule has 0 bridgehead atoms. The van der Waals surface area contributed by atoms with Crippen molar-refractivity contribution < 1.29 is 9.90 Å². The Bertz CT molecular complexity index is 593. The Balaban J connectivity index is 2.01. The number of carbonyl (C=O) groups excluding carboxylic acids is 1. The van der Waals surface area contributed by atoms with Gasteiger partial charge in [-0.25, -0.2) is 10.4 Å². The lowest BCUT2D eigenvalue weighted by atomic mass is 10.2. The number of thiazole rings is 1. The second-order valence-corrected chi connectivity index (χ2v) is 4.57. The normalized spacial score (nSPS) is 10.7. The molecule has 0 saturated heterocycles. The standard InChI is InChI=1S/C12H11N3O2S/c1-8-14-9(7-18-8)6-13-15-12(17)10-4-2-3-5-11(10)16/h2-7,16H,1H3,(H,15,17)/b13-6-. The van der Waals surface area contributed by atoms with E-state index in [-0.39, 0.29) is 11.3 Å². The number of hydrogen-bond acceptors (Lipinski definition) is 5. The van der Waals surface area contributed by atoms with Crippen molar-refractivity contribution in [3.63, 3.8) is 0 Å². The van der Waals surface area contributed by atoms with Crippen molar-refractivity contribution >= 4 is 23.5 Å². The third-order valence-electron chi connectivity index (χ3n) is 2.15. The average molecular weight is 261 g/mol. The lowest BCUT2D eigenvalue weighted by Gasteiger charge is -2.01. The molecule has 0 spiro atoms. The van der Waals surface area contributed by atoms with Crippen LogP contribution in [0.3, 0.4) is 0 Å². The summed E-state index contributed by atoms with van der Waals surface area (Å²) >= 11 is 1.51. The number of hydrogen-bond donors (Lipinski definition) is 2. The molecule has 0 saturated carbocycles. The van der Waals surface area contributed by atoms with Crippen molar-refractivity contribution in [3.8, 4) is 5.75 Å². The number of aromatic nitrogens is 1. The Morgan fingerprint density at radius 3 is 2.94 bits per heavy atom. The van der Waals surface area contributed by atoms with Crippen molar-refractivity contribution in [3.05, 3.63) is 45.9 Å². The van der Waals surface area contributed by atoms with E-state index in [1.165, 1.54) is 29.7 Å². The first-order chi connectivity index (χ1) is 8.66. The zero-order valence-electron chi connectivity index (χ0n) is 9.62. The number of rotatable bonds is 3. The number of aromatic hydroxyl groups is 1. The molecule has 2 N–H and O–H groups in total. The molecule has 5 nitrogen and oxygen atoms in total. The molecule has 0 aliphatic rings. The number of hydrazone groups is 1. The zero-order chi connectivity index (χ0) is 13.0. The Kier molecular flexibility index (Phi) is 3.69. The highest BCUT2D eigenvalue weighted by Crippen LogP contribution is 2.14. The van der Waals surface area contributed by atoms with Crippen LogP contribution in [0.4, 0.5) is 0 Å². The topological polar surface area (TPSA) is 74.6 Å². The Morgan fingerprint density at radius 1 is 1.50 bits per heavy atom. The van der Waals surface area contributed by atoms with Gasteiger partial charge >= 0.3 is 0 Å². The van der Waals surface area contributed by atoms with Crippen LogP contribution >= 0.6 is 11.3 Å². The zero-order valence-corrected chi connectivity index (χ0v) is 10.4. The average Bonchev–Trinajstić information content (AvgIpc) is 2.75. The molecule has 92 valence electrons. The molecule has 1 heterocycles. The molecule has 0 unspecified atom stereocenters. The summed E-state index contributed by atoms with van der Waals surface area (Å²) in [4.78, 5) is 15.8. The van der Waals surface area contributed by atoms with Gasteiger partial charge in [0.05, 0.1) is 22.5 Å². The van der Waals surface area contributed by atoms with E-state index in [0.29, 0.717) is 5.69 Å². The van der Waals surface area contributed by atoms with E-state index >= 15 is 0 Å². The molecule has 2 rings (SSSR count). The van der Waals surface area contributed by atoms with Crippen molar-refractivity contribution in [2.24, 2.45) is 5.10 Å². The van der Waals surface area contributed by atoms with Gasteiger partial charge in [-0.3, -0.25) is 4.79 Å². The fraction of sp³-hybridized carbons (Fsp3) is 0.0833. The van der Waals surface area contributed by atoms with E-state index in [1.807, 2.05) is 12.3 Å². The minimum absolute atomic E-state index is 0.0743. The molecule has 0 radical (unpaired) electrons. The van der Waals surface area contributed by atoms with Crippen LogP contribution in [0.15, 0.2) is 34.7 Å². The van der Waals surface area contributed by atoms with Crippen molar-refractivity contribution in [2.75, 3.05) is 0 Å². The van der Waals surface area contributed by atoms with Gasteiger partial charge in [-0.2, -0.15) is 5.10 Å². The van der Waals surface area contributed by atoms with E-state index in [1.54, 1.807) is 12.1 Å². The number of nitrogens with one attached hydrogen (secondary N) is 1. The molecule has 1 amide bonds. The first kappa shape index (κ1) is 12.3. The van der Waals surface area contributed by atoms with Crippen LogP contribution in [-0.2, 0) is 0 Å². The highest BCUT2D eigenvalue weighted by Gasteiger charge is 2.08. The summed E-state index contributed by atoms with van der Waals surface area (Å²) in [5.41, 5.74) is 3.21. The van der Waals surface area contributed by atoms with E-state index in [0.717, 1.165) is 5.01 Å². The van der Waals surface area contributed by atoms with E-state index in [9.17, 15) is 9.90 Å².